The average Bonchev–Trinajstić information content (AvgIpc) is 3.30. The second-order valence-electron chi connectivity index (χ2n) is 6.84. The van der Waals surface area contributed by atoms with Crippen LogP contribution in [0, 0.1) is 0 Å². The predicted octanol–water partition coefficient (Wildman–Crippen LogP) is 2.62. The Morgan fingerprint density at radius 2 is 2.16 bits per heavy atom. The largest absolute Gasteiger partial charge is 0.323 e. The van der Waals surface area contributed by atoms with Crippen LogP contribution in [0.1, 0.15) is 40.5 Å². The molecule has 1 aliphatic heterocycles. The van der Waals surface area contributed by atoms with Crippen LogP contribution in [0.4, 0.5) is 0 Å². The SMILES string of the molecule is c1cn(Cc2nc3c(s2)CCCC3)c(-c2cc3n(n2)CCCNC3)n1. The van der Waals surface area contributed by atoms with Crippen molar-refractivity contribution in [2.24, 2.45) is 0 Å². The Morgan fingerprint density at radius 3 is 3.12 bits per heavy atom. The van der Waals surface area contributed by atoms with Gasteiger partial charge in [0.1, 0.15) is 10.7 Å². The van der Waals surface area contributed by atoms with Gasteiger partial charge in [-0.05, 0) is 44.7 Å². The van der Waals surface area contributed by atoms with Crippen molar-refractivity contribution in [1.29, 1.82) is 0 Å². The van der Waals surface area contributed by atoms with Crippen LogP contribution in [0.3, 0.4) is 0 Å². The molecule has 0 atom stereocenters. The molecule has 0 bridgehead atoms. The molecule has 0 radical (unpaired) electrons. The van der Waals surface area contributed by atoms with E-state index in [-0.39, 0.29) is 0 Å². The summed E-state index contributed by atoms with van der Waals surface area (Å²) >= 11 is 1.87. The number of hydrogen-bond donors (Lipinski definition) is 1. The molecule has 1 N–H and O–H groups in total. The highest BCUT2D eigenvalue weighted by Crippen LogP contribution is 2.28. The van der Waals surface area contributed by atoms with E-state index < -0.39 is 0 Å². The fourth-order valence-corrected chi connectivity index (χ4v) is 4.92. The van der Waals surface area contributed by atoms with Gasteiger partial charge in [0.2, 0.25) is 0 Å². The minimum absolute atomic E-state index is 0.785. The number of thiazole rings is 1. The molecule has 2 aliphatic rings. The zero-order valence-electron chi connectivity index (χ0n) is 14.2. The van der Waals surface area contributed by atoms with E-state index in [4.69, 9.17) is 10.1 Å². The maximum atomic E-state index is 4.87. The van der Waals surface area contributed by atoms with E-state index in [1.165, 1.54) is 40.5 Å². The van der Waals surface area contributed by atoms with Crippen LogP contribution in [0.5, 0.6) is 0 Å². The summed E-state index contributed by atoms with van der Waals surface area (Å²) in [6, 6.07) is 2.17. The first kappa shape index (κ1) is 15.3. The van der Waals surface area contributed by atoms with Gasteiger partial charge in [-0.25, -0.2) is 9.97 Å². The maximum Gasteiger partial charge on any atom is 0.160 e. The zero-order valence-corrected chi connectivity index (χ0v) is 15.1. The maximum absolute atomic E-state index is 4.87. The number of nitrogens with zero attached hydrogens (tertiary/aromatic N) is 5. The molecule has 3 aromatic rings. The molecule has 0 aromatic carbocycles. The first-order valence-corrected chi connectivity index (χ1v) is 9.95. The Kier molecular flexibility index (Phi) is 3.90. The lowest BCUT2D eigenvalue weighted by Crippen LogP contribution is -2.11. The lowest BCUT2D eigenvalue weighted by Gasteiger charge is -2.06. The highest BCUT2D eigenvalue weighted by Gasteiger charge is 2.18. The Bertz CT molecular complexity index is 842. The molecule has 0 saturated carbocycles. The minimum atomic E-state index is 0.785. The molecule has 4 heterocycles. The third-order valence-corrected chi connectivity index (χ3v) is 6.18. The van der Waals surface area contributed by atoms with Crippen molar-refractivity contribution in [2.45, 2.75) is 51.7 Å². The van der Waals surface area contributed by atoms with Gasteiger partial charge >= 0.3 is 0 Å². The molecular weight excluding hydrogens is 332 g/mol. The molecule has 5 rings (SSSR count). The van der Waals surface area contributed by atoms with Crippen molar-refractivity contribution in [1.82, 2.24) is 29.6 Å². The van der Waals surface area contributed by atoms with Crippen molar-refractivity contribution in [2.75, 3.05) is 6.54 Å². The topological polar surface area (TPSA) is 60.6 Å². The summed E-state index contributed by atoms with van der Waals surface area (Å²) in [6.07, 6.45) is 9.95. The highest BCUT2D eigenvalue weighted by atomic mass is 32.1. The molecule has 0 amide bonds. The smallest absolute Gasteiger partial charge is 0.160 e. The van der Waals surface area contributed by atoms with Crippen molar-refractivity contribution < 1.29 is 0 Å². The van der Waals surface area contributed by atoms with E-state index in [0.29, 0.717) is 0 Å². The molecule has 0 spiro atoms. The molecular formula is C18H22N6S. The predicted molar refractivity (Wildman–Crippen MR) is 97.6 cm³/mol. The van der Waals surface area contributed by atoms with Gasteiger partial charge in [0.05, 0.1) is 17.9 Å². The van der Waals surface area contributed by atoms with Gasteiger partial charge in [-0.3, -0.25) is 4.68 Å². The molecule has 7 heteroatoms. The standard InChI is InChI=1S/C18H22N6S/c1-2-5-16-14(4-1)21-17(25-16)12-23-9-7-20-18(23)15-10-13-11-19-6-3-8-24(13)22-15/h7,9-10,19H,1-6,8,11-12H2. The van der Waals surface area contributed by atoms with Gasteiger partial charge in [-0.1, -0.05) is 0 Å². The van der Waals surface area contributed by atoms with Crippen molar-refractivity contribution in [3.8, 4) is 11.5 Å². The third kappa shape index (κ3) is 2.91. The molecule has 0 fully saturated rings. The molecule has 1 aliphatic carbocycles. The van der Waals surface area contributed by atoms with Crippen LogP contribution in [0.15, 0.2) is 18.5 Å². The molecule has 0 saturated heterocycles. The van der Waals surface area contributed by atoms with E-state index in [0.717, 1.165) is 50.5 Å². The number of hydrogen-bond acceptors (Lipinski definition) is 5. The summed E-state index contributed by atoms with van der Waals surface area (Å²) in [5, 5.41) is 9.43. The normalized spacial score (nSPS) is 17.1. The quantitative estimate of drug-likeness (QED) is 0.785. The van der Waals surface area contributed by atoms with Crippen LogP contribution in [-0.4, -0.2) is 30.9 Å². The second kappa shape index (κ2) is 6.38. The minimum Gasteiger partial charge on any atom is -0.323 e. The molecule has 3 aromatic heterocycles. The first-order valence-electron chi connectivity index (χ1n) is 9.13. The first-order chi connectivity index (χ1) is 12.4. The van der Waals surface area contributed by atoms with Crippen molar-refractivity contribution in [3.05, 3.63) is 39.7 Å². The summed E-state index contributed by atoms with van der Waals surface area (Å²) in [7, 11) is 0. The fourth-order valence-electron chi connectivity index (χ4n) is 3.76. The summed E-state index contributed by atoms with van der Waals surface area (Å²) in [4.78, 5) is 10.9. The van der Waals surface area contributed by atoms with Crippen LogP contribution >= 0.6 is 11.3 Å². The van der Waals surface area contributed by atoms with Gasteiger partial charge in [0.15, 0.2) is 5.82 Å². The molecule has 130 valence electrons. The number of aromatic nitrogens is 5. The zero-order chi connectivity index (χ0) is 16.6. The number of fused-ring (bicyclic) bond motifs is 2. The van der Waals surface area contributed by atoms with Crippen molar-refractivity contribution in [3.63, 3.8) is 0 Å². The third-order valence-electron chi connectivity index (χ3n) is 5.03. The van der Waals surface area contributed by atoms with E-state index in [9.17, 15) is 0 Å². The van der Waals surface area contributed by atoms with E-state index in [1.54, 1.807) is 0 Å². The fraction of sp³-hybridized carbons (Fsp3) is 0.500. The van der Waals surface area contributed by atoms with Crippen molar-refractivity contribution >= 4 is 11.3 Å². The Hall–Kier alpha value is -1.99. The summed E-state index contributed by atoms with van der Waals surface area (Å²) in [5.41, 5.74) is 3.53. The van der Waals surface area contributed by atoms with Crippen LogP contribution in [0.2, 0.25) is 0 Å². The molecule has 6 nitrogen and oxygen atoms in total. The second-order valence-corrected chi connectivity index (χ2v) is 8.01. The molecule has 0 unspecified atom stereocenters. The lowest BCUT2D eigenvalue weighted by atomic mass is 10.0. The Labute approximate surface area is 150 Å². The Morgan fingerprint density at radius 1 is 1.20 bits per heavy atom. The number of nitrogens with one attached hydrogen (secondary N) is 1. The van der Waals surface area contributed by atoms with Crippen LogP contribution in [-0.2, 0) is 32.5 Å². The molecule has 25 heavy (non-hydrogen) atoms. The van der Waals surface area contributed by atoms with Gasteiger partial charge in [0.25, 0.3) is 0 Å². The van der Waals surface area contributed by atoms with E-state index in [1.807, 2.05) is 23.7 Å². The van der Waals surface area contributed by atoms with Gasteiger partial charge in [-0.2, -0.15) is 5.10 Å². The number of imidazole rings is 1. The number of rotatable bonds is 3. The van der Waals surface area contributed by atoms with Gasteiger partial charge in [-0.15, -0.1) is 11.3 Å². The summed E-state index contributed by atoms with van der Waals surface area (Å²) in [6.45, 7) is 3.70. The van der Waals surface area contributed by atoms with E-state index in [2.05, 4.69) is 25.6 Å². The van der Waals surface area contributed by atoms with Gasteiger partial charge < -0.3 is 9.88 Å². The summed E-state index contributed by atoms with van der Waals surface area (Å²) < 4.78 is 4.30. The summed E-state index contributed by atoms with van der Waals surface area (Å²) in [5.74, 6) is 0.939. The highest BCUT2D eigenvalue weighted by molar-refractivity contribution is 7.11. The van der Waals surface area contributed by atoms with E-state index >= 15 is 0 Å². The monoisotopic (exact) mass is 354 g/mol. The van der Waals surface area contributed by atoms with Crippen LogP contribution in [0.25, 0.3) is 11.5 Å². The lowest BCUT2D eigenvalue weighted by molar-refractivity contribution is 0.588. The van der Waals surface area contributed by atoms with Crippen LogP contribution < -0.4 is 5.32 Å². The van der Waals surface area contributed by atoms with Gasteiger partial charge in [0, 0.05) is 30.4 Å². The Balaban J connectivity index is 1.43. The number of aryl methyl sites for hydroxylation is 3. The average molecular weight is 354 g/mol.